The van der Waals surface area contributed by atoms with Crippen molar-refractivity contribution >= 4 is 23.2 Å². The number of benzene rings is 1. The van der Waals surface area contributed by atoms with Gasteiger partial charge in [0.1, 0.15) is 0 Å². The second-order valence-corrected chi connectivity index (χ2v) is 7.79. The van der Waals surface area contributed by atoms with E-state index in [1.54, 1.807) is 4.90 Å². The van der Waals surface area contributed by atoms with Crippen LogP contribution >= 0.6 is 0 Å². The first-order chi connectivity index (χ1) is 13.1. The van der Waals surface area contributed by atoms with E-state index in [1.807, 2.05) is 17.0 Å². The molecule has 0 aliphatic carbocycles. The quantitative estimate of drug-likeness (QED) is 0.734. The summed E-state index contributed by atoms with van der Waals surface area (Å²) in [6, 6.07) is 8.29. The molecule has 5 nitrogen and oxygen atoms in total. The van der Waals surface area contributed by atoms with Crippen molar-refractivity contribution in [2.45, 2.75) is 52.4 Å². The largest absolute Gasteiger partial charge is 0.372 e. The van der Waals surface area contributed by atoms with Gasteiger partial charge in [0.25, 0.3) is 0 Å². The number of carbonyl (C=O) groups is 2. The molecule has 2 aliphatic rings. The third-order valence-corrected chi connectivity index (χ3v) is 5.66. The Morgan fingerprint density at radius 2 is 1.59 bits per heavy atom. The minimum absolute atomic E-state index is 0.0621. The predicted molar refractivity (Wildman–Crippen MR) is 110 cm³/mol. The van der Waals surface area contributed by atoms with Gasteiger partial charge in [-0.3, -0.25) is 9.59 Å². The lowest BCUT2D eigenvalue weighted by molar-refractivity contribution is -0.135. The molecule has 27 heavy (non-hydrogen) atoms. The first kappa shape index (κ1) is 19.7. The molecule has 0 aromatic heterocycles. The lowest BCUT2D eigenvalue weighted by atomic mass is 10.1. The fraction of sp³-hybridized carbons (Fsp3) is 0.636. The van der Waals surface area contributed by atoms with Crippen molar-refractivity contribution in [3.8, 4) is 0 Å². The zero-order chi connectivity index (χ0) is 19.2. The summed E-state index contributed by atoms with van der Waals surface area (Å²) in [6.45, 7) is 8.47. The molecule has 2 fully saturated rings. The monoisotopic (exact) mass is 371 g/mol. The van der Waals surface area contributed by atoms with E-state index in [4.69, 9.17) is 0 Å². The number of hydrogen-bond donors (Lipinski definition) is 0. The number of rotatable bonds is 7. The smallest absolute Gasteiger partial charge is 0.228 e. The third-order valence-electron chi connectivity index (χ3n) is 5.66. The van der Waals surface area contributed by atoms with Crippen LogP contribution < -0.4 is 9.80 Å². The van der Waals surface area contributed by atoms with Crippen LogP contribution in [0.4, 0.5) is 11.4 Å². The molecule has 1 aromatic rings. The lowest BCUT2D eigenvalue weighted by Gasteiger charge is -2.29. The summed E-state index contributed by atoms with van der Waals surface area (Å²) < 4.78 is 0. The first-order valence-corrected chi connectivity index (χ1v) is 10.6. The standard InChI is InChI=1S/C22H33N3O2/c1-3-12-24(13-4-2)22(27)18-16-21(26)25(17-18)20-10-8-19(9-11-20)23-14-6-5-7-15-23/h8-11,18H,3-7,12-17H2,1-2H3. The maximum atomic E-state index is 12.8. The maximum absolute atomic E-state index is 12.8. The van der Waals surface area contributed by atoms with E-state index in [2.05, 4.69) is 30.9 Å². The van der Waals surface area contributed by atoms with Crippen LogP contribution in [0.25, 0.3) is 0 Å². The van der Waals surface area contributed by atoms with Gasteiger partial charge in [-0.2, -0.15) is 0 Å². The van der Waals surface area contributed by atoms with Crippen LogP contribution in [-0.4, -0.2) is 49.4 Å². The molecule has 148 valence electrons. The van der Waals surface area contributed by atoms with Gasteiger partial charge in [-0.1, -0.05) is 13.8 Å². The number of carbonyl (C=O) groups excluding carboxylic acids is 2. The highest BCUT2D eigenvalue weighted by Crippen LogP contribution is 2.29. The van der Waals surface area contributed by atoms with Crippen LogP contribution in [0, 0.1) is 5.92 Å². The number of piperidine rings is 1. The third kappa shape index (κ3) is 4.63. The van der Waals surface area contributed by atoms with Crippen molar-refractivity contribution < 1.29 is 9.59 Å². The number of nitrogens with zero attached hydrogens (tertiary/aromatic N) is 3. The number of amides is 2. The number of hydrogen-bond acceptors (Lipinski definition) is 3. The van der Waals surface area contributed by atoms with Gasteiger partial charge >= 0.3 is 0 Å². The predicted octanol–water partition coefficient (Wildman–Crippen LogP) is 3.68. The fourth-order valence-electron chi connectivity index (χ4n) is 4.25. The average Bonchev–Trinajstić information content (AvgIpc) is 3.10. The van der Waals surface area contributed by atoms with Crippen LogP contribution in [0.1, 0.15) is 52.4 Å². The summed E-state index contributed by atoms with van der Waals surface area (Å²) in [5.41, 5.74) is 2.14. The molecule has 2 heterocycles. The SMILES string of the molecule is CCCN(CCC)C(=O)C1CC(=O)N(c2ccc(N3CCCCC3)cc2)C1. The Labute approximate surface area is 163 Å². The van der Waals surface area contributed by atoms with E-state index in [0.717, 1.165) is 44.7 Å². The van der Waals surface area contributed by atoms with Crippen molar-refractivity contribution in [2.24, 2.45) is 5.92 Å². The molecule has 0 bridgehead atoms. The van der Waals surface area contributed by atoms with Gasteiger partial charge in [0, 0.05) is 50.5 Å². The van der Waals surface area contributed by atoms with Crippen molar-refractivity contribution in [1.82, 2.24) is 4.90 Å². The van der Waals surface area contributed by atoms with Gasteiger partial charge in [0.2, 0.25) is 11.8 Å². The molecule has 2 amide bonds. The van der Waals surface area contributed by atoms with E-state index >= 15 is 0 Å². The first-order valence-electron chi connectivity index (χ1n) is 10.6. The van der Waals surface area contributed by atoms with Gasteiger partial charge in [0.05, 0.1) is 5.92 Å². The normalized spacial score (nSPS) is 20.2. The van der Waals surface area contributed by atoms with Crippen molar-refractivity contribution in [3.05, 3.63) is 24.3 Å². The molecule has 0 saturated carbocycles. The summed E-state index contributed by atoms with van der Waals surface area (Å²) in [7, 11) is 0. The van der Waals surface area contributed by atoms with Crippen LogP contribution in [-0.2, 0) is 9.59 Å². The molecule has 0 N–H and O–H groups in total. The summed E-state index contributed by atoms with van der Waals surface area (Å²) >= 11 is 0. The second kappa shape index (κ2) is 9.25. The molecule has 0 radical (unpaired) electrons. The highest BCUT2D eigenvalue weighted by molar-refractivity contribution is 6.00. The van der Waals surface area contributed by atoms with E-state index in [-0.39, 0.29) is 17.7 Å². The highest BCUT2D eigenvalue weighted by atomic mass is 16.2. The van der Waals surface area contributed by atoms with Gasteiger partial charge in [-0.25, -0.2) is 0 Å². The second-order valence-electron chi connectivity index (χ2n) is 7.79. The van der Waals surface area contributed by atoms with Gasteiger partial charge in [-0.15, -0.1) is 0 Å². The Balaban J connectivity index is 1.65. The van der Waals surface area contributed by atoms with Crippen molar-refractivity contribution in [3.63, 3.8) is 0 Å². The van der Waals surface area contributed by atoms with Gasteiger partial charge in [-0.05, 0) is 56.4 Å². The Bertz CT molecular complexity index is 631. The Morgan fingerprint density at radius 1 is 1.00 bits per heavy atom. The van der Waals surface area contributed by atoms with Crippen LogP contribution in [0.2, 0.25) is 0 Å². The molecule has 5 heteroatoms. The van der Waals surface area contributed by atoms with E-state index < -0.39 is 0 Å². The minimum atomic E-state index is -0.211. The van der Waals surface area contributed by atoms with Gasteiger partial charge < -0.3 is 14.7 Å². The highest BCUT2D eigenvalue weighted by Gasteiger charge is 2.36. The van der Waals surface area contributed by atoms with E-state index in [0.29, 0.717) is 13.0 Å². The molecule has 1 atom stereocenters. The topological polar surface area (TPSA) is 43.9 Å². The Kier molecular flexibility index (Phi) is 6.75. The average molecular weight is 372 g/mol. The molecule has 2 saturated heterocycles. The minimum Gasteiger partial charge on any atom is -0.372 e. The molecule has 1 unspecified atom stereocenters. The molecular weight excluding hydrogens is 338 g/mol. The van der Waals surface area contributed by atoms with Crippen LogP contribution in [0.3, 0.4) is 0 Å². The Hall–Kier alpha value is -2.04. The lowest BCUT2D eigenvalue weighted by Crippen LogP contribution is -2.38. The zero-order valence-electron chi connectivity index (χ0n) is 16.8. The molecular formula is C22H33N3O2. The molecule has 2 aliphatic heterocycles. The summed E-state index contributed by atoms with van der Waals surface area (Å²) in [4.78, 5) is 31.5. The fourth-order valence-corrected chi connectivity index (χ4v) is 4.25. The molecule has 3 rings (SSSR count). The number of anilines is 2. The van der Waals surface area contributed by atoms with E-state index in [9.17, 15) is 9.59 Å². The molecule has 0 spiro atoms. The van der Waals surface area contributed by atoms with E-state index in [1.165, 1.54) is 24.9 Å². The summed E-state index contributed by atoms with van der Waals surface area (Å²) in [6.07, 6.45) is 6.06. The van der Waals surface area contributed by atoms with Crippen molar-refractivity contribution in [2.75, 3.05) is 42.5 Å². The maximum Gasteiger partial charge on any atom is 0.228 e. The summed E-state index contributed by atoms with van der Waals surface area (Å²) in [5, 5.41) is 0. The Morgan fingerprint density at radius 3 is 2.19 bits per heavy atom. The van der Waals surface area contributed by atoms with Gasteiger partial charge in [0.15, 0.2) is 0 Å². The zero-order valence-corrected chi connectivity index (χ0v) is 16.8. The summed E-state index contributed by atoms with van der Waals surface area (Å²) in [5.74, 6) is -0.0103. The van der Waals surface area contributed by atoms with Crippen LogP contribution in [0.5, 0.6) is 0 Å². The van der Waals surface area contributed by atoms with Crippen molar-refractivity contribution in [1.29, 1.82) is 0 Å². The molecule has 1 aromatic carbocycles. The van der Waals surface area contributed by atoms with Crippen LogP contribution in [0.15, 0.2) is 24.3 Å².